The van der Waals surface area contributed by atoms with Crippen LogP contribution in [0.1, 0.15) is 18.9 Å². The second kappa shape index (κ2) is 7.91. The van der Waals surface area contributed by atoms with E-state index in [1.807, 2.05) is 31.6 Å². The minimum Gasteiger partial charge on any atom is -0.497 e. The molecule has 2 aromatic carbocycles. The molecule has 0 radical (unpaired) electrons. The maximum atomic E-state index is 5.48. The largest absolute Gasteiger partial charge is 0.497 e. The lowest BCUT2D eigenvalue weighted by Gasteiger charge is -2.25. The molecule has 0 saturated heterocycles. The molecule has 0 N–H and O–H groups in total. The van der Waals surface area contributed by atoms with Gasteiger partial charge in [0.25, 0.3) is 0 Å². The molecule has 4 aromatic rings. The third-order valence-corrected chi connectivity index (χ3v) is 4.87. The molecule has 0 spiro atoms. The van der Waals surface area contributed by atoms with Gasteiger partial charge in [-0.25, -0.2) is 4.98 Å². The molecule has 6 nitrogen and oxygen atoms in total. The molecule has 0 aliphatic carbocycles. The van der Waals surface area contributed by atoms with Gasteiger partial charge in [-0.2, -0.15) is 5.10 Å². The maximum Gasteiger partial charge on any atom is 0.121 e. The van der Waals surface area contributed by atoms with Gasteiger partial charge in [0, 0.05) is 42.8 Å². The minimum absolute atomic E-state index is 0.821. The van der Waals surface area contributed by atoms with Crippen LogP contribution < -0.4 is 9.64 Å². The van der Waals surface area contributed by atoms with Crippen molar-refractivity contribution in [2.45, 2.75) is 20.3 Å². The fourth-order valence-electron chi connectivity index (χ4n) is 3.49. The molecule has 0 amide bonds. The Kier molecular flexibility index (Phi) is 5.16. The number of nitrogens with zero attached hydrogens (tertiary/aromatic N) is 5. The average Bonchev–Trinajstić information content (AvgIpc) is 3.17. The quantitative estimate of drug-likeness (QED) is 0.471. The minimum atomic E-state index is 0.821. The second-order valence-electron chi connectivity index (χ2n) is 7.19. The number of rotatable bonds is 6. The van der Waals surface area contributed by atoms with Gasteiger partial charge in [-0.15, -0.1) is 0 Å². The van der Waals surface area contributed by atoms with Gasteiger partial charge in [-0.05, 0) is 49.2 Å². The van der Waals surface area contributed by atoms with Gasteiger partial charge in [0.15, 0.2) is 0 Å². The van der Waals surface area contributed by atoms with E-state index in [-0.39, 0.29) is 0 Å². The summed E-state index contributed by atoms with van der Waals surface area (Å²) in [5.41, 5.74) is 6.89. The number of aromatic nitrogens is 4. The first kappa shape index (κ1) is 18.9. The van der Waals surface area contributed by atoms with Crippen molar-refractivity contribution >= 4 is 22.4 Å². The summed E-state index contributed by atoms with van der Waals surface area (Å²) < 4.78 is 7.25. The number of aryl methyl sites for hydroxylation is 2. The Hall–Kier alpha value is -3.41. The van der Waals surface area contributed by atoms with E-state index in [4.69, 9.17) is 9.72 Å². The maximum absolute atomic E-state index is 5.48. The van der Waals surface area contributed by atoms with E-state index in [0.717, 1.165) is 52.4 Å². The predicted molar refractivity (Wildman–Crippen MR) is 117 cm³/mol. The van der Waals surface area contributed by atoms with Gasteiger partial charge in [-0.3, -0.25) is 9.67 Å². The van der Waals surface area contributed by atoms with Crippen molar-refractivity contribution in [2.24, 2.45) is 7.05 Å². The number of benzene rings is 2. The molecule has 0 aliphatic heterocycles. The van der Waals surface area contributed by atoms with Gasteiger partial charge in [0.2, 0.25) is 0 Å². The van der Waals surface area contributed by atoms with Crippen LogP contribution in [0.5, 0.6) is 5.75 Å². The van der Waals surface area contributed by atoms with Crippen molar-refractivity contribution in [3.63, 3.8) is 0 Å². The fraction of sp³-hybridized carbons (Fsp3) is 0.261. The fourth-order valence-corrected chi connectivity index (χ4v) is 3.49. The summed E-state index contributed by atoms with van der Waals surface area (Å²) in [7, 11) is 3.60. The van der Waals surface area contributed by atoms with E-state index in [2.05, 4.69) is 53.1 Å². The first-order valence-electron chi connectivity index (χ1n) is 9.76. The smallest absolute Gasteiger partial charge is 0.121 e. The third-order valence-electron chi connectivity index (χ3n) is 4.87. The lowest BCUT2D eigenvalue weighted by molar-refractivity contribution is 0.414. The number of hydrogen-bond donors (Lipinski definition) is 0. The molecule has 4 rings (SSSR count). The van der Waals surface area contributed by atoms with Crippen LogP contribution in [0.2, 0.25) is 0 Å². The van der Waals surface area contributed by atoms with Crippen LogP contribution in [0, 0.1) is 6.92 Å². The van der Waals surface area contributed by atoms with Crippen molar-refractivity contribution < 1.29 is 4.74 Å². The molecular weight excluding hydrogens is 362 g/mol. The lowest BCUT2D eigenvalue weighted by Crippen LogP contribution is -2.18. The zero-order chi connectivity index (χ0) is 20.4. The molecule has 6 heteroatoms. The van der Waals surface area contributed by atoms with Gasteiger partial charge in [0.1, 0.15) is 5.75 Å². The summed E-state index contributed by atoms with van der Waals surface area (Å²) in [6.07, 6.45) is 6.58. The van der Waals surface area contributed by atoms with Crippen LogP contribution in [0.4, 0.5) is 11.4 Å². The summed E-state index contributed by atoms with van der Waals surface area (Å²) in [5, 5.41) is 4.24. The van der Waals surface area contributed by atoms with E-state index in [9.17, 15) is 0 Å². The Bertz CT molecular complexity index is 1150. The Balaban J connectivity index is 1.78. The predicted octanol–water partition coefficient (Wildman–Crippen LogP) is 4.90. The van der Waals surface area contributed by atoms with Crippen molar-refractivity contribution in [3.8, 4) is 17.0 Å². The number of fused-ring (bicyclic) bond motifs is 1. The molecule has 29 heavy (non-hydrogen) atoms. The van der Waals surface area contributed by atoms with Gasteiger partial charge < -0.3 is 9.64 Å². The summed E-state index contributed by atoms with van der Waals surface area (Å²) >= 11 is 0. The van der Waals surface area contributed by atoms with Crippen molar-refractivity contribution in [2.75, 3.05) is 18.6 Å². The van der Waals surface area contributed by atoms with Gasteiger partial charge in [-0.1, -0.05) is 6.92 Å². The second-order valence-corrected chi connectivity index (χ2v) is 7.19. The van der Waals surface area contributed by atoms with Crippen LogP contribution >= 0.6 is 0 Å². The van der Waals surface area contributed by atoms with Crippen LogP contribution in [0.3, 0.4) is 0 Å². The molecule has 0 unspecified atom stereocenters. The average molecular weight is 387 g/mol. The normalized spacial score (nSPS) is 11.0. The number of hydrogen-bond acceptors (Lipinski definition) is 5. The molecule has 148 valence electrons. The number of ether oxygens (including phenoxy) is 1. The van der Waals surface area contributed by atoms with E-state index in [1.165, 1.54) is 5.56 Å². The van der Waals surface area contributed by atoms with Crippen molar-refractivity contribution in [1.82, 2.24) is 19.7 Å². The molecule has 0 saturated carbocycles. The van der Waals surface area contributed by atoms with E-state index in [1.54, 1.807) is 18.0 Å². The summed E-state index contributed by atoms with van der Waals surface area (Å²) in [6.45, 7) is 5.16. The Morgan fingerprint density at radius 1 is 1.03 bits per heavy atom. The molecule has 0 bridgehead atoms. The molecule has 2 heterocycles. The first-order chi connectivity index (χ1) is 14.1. The van der Waals surface area contributed by atoms with Crippen molar-refractivity contribution in [1.29, 1.82) is 0 Å². The highest BCUT2D eigenvalue weighted by Gasteiger charge is 2.13. The Morgan fingerprint density at radius 3 is 2.62 bits per heavy atom. The highest BCUT2D eigenvalue weighted by molar-refractivity contribution is 5.82. The monoisotopic (exact) mass is 387 g/mol. The van der Waals surface area contributed by atoms with Crippen LogP contribution in [0.25, 0.3) is 22.3 Å². The van der Waals surface area contributed by atoms with Crippen molar-refractivity contribution in [3.05, 3.63) is 60.6 Å². The SMILES string of the molecule is CCCN(c1cc(C)cc(OC)c1)c1ccc2ncc(-c3cnn(C)c3)nc2c1. The van der Waals surface area contributed by atoms with Crippen LogP contribution in [0.15, 0.2) is 55.0 Å². The summed E-state index contributed by atoms with van der Waals surface area (Å²) in [6, 6.07) is 12.5. The Labute approximate surface area is 170 Å². The number of anilines is 2. The zero-order valence-electron chi connectivity index (χ0n) is 17.3. The van der Waals surface area contributed by atoms with Gasteiger partial charge in [0.05, 0.1) is 36.2 Å². The highest BCUT2D eigenvalue weighted by atomic mass is 16.5. The molecule has 0 aliphatic rings. The summed E-state index contributed by atoms with van der Waals surface area (Å²) in [5.74, 6) is 0.862. The van der Waals surface area contributed by atoms with E-state index < -0.39 is 0 Å². The molecule has 0 fully saturated rings. The van der Waals surface area contributed by atoms with E-state index >= 15 is 0 Å². The zero-order valence-corrected chi connectivity index (χ0v) is 17.3. The first-order valence-corrected chi connectivity index (χ1v) is 9.76. The Morgan fingerprint density at radius 2 is 1.90 bits per heavy atom. The number of methoxy groups -OCH3 is 1. The van der Waals surface area contributed by atoms with Crippen LogP contribution in [-0.4, -0.2) is 33.4 Å². The molecule has 2 aromatic heterocycles. The van der Waals surface area contributed by atoms with Crippen LogP contribution in [-0.2, 0) is 7.05 Å². The summed E-state index contributed by atoms with van der Waals surface area (Å²) in [4.78, 5) is 11.7. The van der Waals surface area contributed by atoms with E-state index in [0.29, 0.717) is 0 Å². The van der Waals surface area contributed by atoms with Gasteiger partial charge >= 0.3 is 0 Å². The highest BCUT2D eigenvalue weighted by Crippen LogP contribution is 2.32. The molecular formula is C23H25N5O. The third kappa shape index (κ3) is 3.92. The standard InChI is InChI=1S/C23H25N5O/c1-5-8-28(19-9-16(2)10-20(11-19)29-4)18-6-7-21-22(12-18)26-23(14-24-21)17-13-25-27(3)15-17/h6-7,9-15H,5,8H2,1-4H3. The topological polar surface area (TPSA) is 56.1 Å². The lowest BCUT2D eigenvalue weighted by atomic mass is 10.1. The molecule has 0 atom stereocenters.